The molecule has 0 aliphatic carbocycles. The van der Waals surface area contributed by atoms with E-state index < -0.39 is 18.0 Å². The summed E-state index contributed by atoms with van der Waals surface area (Å²) < 4.78 is 25.1. The Morgan fingerprint density at radius 1 is 1.30 bits per heavy atom. The van der Waals surface area contributed by atoms with Crippen molar-refractivity contribution in [3.63, 3.8) is 0 Å². The maximum Gasteiger partial charge on any atom is 0.251 e. The number of pyridine rings is 1. The van der Waals surface area contributed by atoms with Crippen LogP contribution < -0.4 is 10.5 Å². The predicted molar refractivity (Wildman–Crippen MR) is 94.9 cm³/mol. The van der Waals surface area contributed by atoms with Gasteiger partial charge in [-0.05, 0) is 13.0 Å². The number of halogens is 1. The monoisotopic (exact) mass is 371 g/mol. The Morgan fingerprint density at radius 3 is 2.70 bits per heavy atom. The second kappa shape index (κ2) is 7.81. The normalized spacial score (nSPS) is 16.4. The van der Waals surface area contributed by atoms with E-state index in [-0.39, 0.29) is 5.56 Å². The number of carbonyl (C=O) groups excluding carboxylic acids is 1. The first-order valence-electron chi connectivity index (χ1n) is 8.15. The van der Waals surface area contributed by atoms with E-state index in [9.17, 15) is 9.18 Å². The number of hydrogen-bond acceptors (Lipinski definition) is 7. The Balaban J connectivity index is 1.83. The molecule has 3 rings (SSSR count). The molecule has 1 unspecified atom stereocenters. The number of primary amides is 1. The number of nitrogens with two attached hydrogens (primary N) is 1. The largest absolute Gasteiger partial charge is 0.492 e. The molecule has 0 spiro atoms. The van der Waals surface area contributed by atoms with Gasteiger partial charge in [0.05, 0.1) is 18.4 Å². The van der Waals surface area contributed by atoms with Crippen molar-refractivity contribution in [1.82, 2.24) is 19.9 Å². The SMILES string of the molecule is CCOC1=CC(F)=CN(C)C1Oc1cncc(-c2ncc(C(N)=O)cn2)c1. The van der Waals surface area contributed by atoms with Crippen molar-refractivity contribution in [2.75, 3.05) is 13.7 Å². The fourth-order valence-electron chi connectivity index (χ4n) is 2.47. The van der Waals surface area contributed by atoms with Gasteiger partial charge in [-0.25, -0.2) is 14.4 Å². The van der Waals surface area contributed by atoms with Crippen molar-refractivity contribution in [1.29, 1.82) is 0 Å². The molecule has 1 aliphatic heterocycles. The lowest BCUT2D eigenvalue weighted by Crippen LogP contribution is -2.37. The van der Waals surface area contributed by atoms with Crippen molar-refractivity contribution >= 4 is 5.91 Å². The average molecular weight is 371 g/mol. The molecule has 140 valence electrons. The second-order valence-corrected chi connectivity index (χ2v) is 5.70. The van der Waals surface area contributed by atoms with Crippen LogP contribution in [0.4, 0.5) is 4.39 Å². The van der Waals surface area contributed by atoms with Crippen LogP contribution in [0.2, 0.25) is 0 Å². The van der Waals surface area contributed by atoms with Crippen LogP contribution in [0.5, 0.6) is 5.75 Å². The van der Waals surface area contributed by atoms with Gasteiger partial charge in [-0.2, -0.15) is 0 Å². The van der Waals surface area contributed by atoms with Gasteiger partial charge in [-0.1, -0.05) is 0 Å². The Hall–Kier alpha value is -3.49. The summed E-state index contributed by atoms with van der Waals surface area (Å²) in [5.74, 6) is 0.116. The van der Waals surface area contributed by atoms with Gasteiger partial charge < -0.3 is 20.1 Å². The molecule has 1 amide bonds. The van der Waals surface area contributed by atoms with Crippen LogP contribution in [0.1, 0.15) is 17.3 Å². The van der Waals surface area contributed by atoms with Gasteiger partial charge in [0, 0.05) is 43.5 Å². The molecule has 1 atom stereocenters. The highest BCUT2D eigenvalue weighted by atomic mass is 19.1. The summed E-state index contributed by atoms with van der Waals surface area (Å²) in [5, 5.41) is 0. The zero-order valence-corrected chi connectivity index (χ0v) is 14.8. The lowest BCUT2D eigenvalue weighted by Gasteiger charge is -2.31. The minimum atomic E-state index is -0.639. The van der Waals surface area contributed by atoms with Crippen LogP contribution in [0.3, 0.4) is 0 Å². The van der Waals surface area contributed by atoms with Gasteiger partial charge in [0.1, 0.15) is 11.6 Å². The summed E-state index contributed by atoms with van der Waals surface area (Å²) in [6, 6.07) is 1.69. The zero-order chi connectivity index (χ0) is 19.4. The fraction of sp³-hybridized carbons (Fsp3) is 0.222. The lowest BCUT2D eigenvalue weighted by molar-refractivity contribution is 0.0407. The highest BCUT2D eigenvalue weighted by Crippen LogP contribution is 2.26. The third-order valence-electron chi connectivity index (χ3n) is 3.69. The first-order valence-corrected chi connectivity index (χ1v) is 8.15. The van der Waals surface area contributed by atoms with Gasteiger partial charge in [-0.15, -0.1) is 0 Å². The number of ether oxygens (including phenoxy) is 2. The Morgan fingerprint density at radius 2 is 2.04 bits per heavy atom. The number of aromatic nitrogens is 3. The zero-order valence-electron chi connectivity index (χ0n) is 14.8. The average Bonchev–Trinajstić information content (AvgIpc) is 2.65. The molecule has 0 saturated heterocycles. The number of rotatable bonds is 6. The summed E-state index contributed by atoms with van der Waals surface area (Å²) in [7, 11) is 1.68. The van der Waals surface area contributed by atoms with Crippen LogP contribution in [0.25, 0.3) is 11.4 Å². The smallest absolute Gasteiger partial charge is 0.251 e. The minimum absolute atomic E-state index is 0.211. The van der Waals surface area contributed by atoms with Gasteiger partial charge in [0.25, 0.3) is 5.91 Å². The van der Waals surface area contributed by atoms with Crippen molar-refractivity contribution in [3.8, 4) is 17.1 Å². The molecule has 1 aliphatic rings. The second-order valence-electron chi connectivity index (χ2n) is 5.70. The molecule has 0 aromatic carbocycles. The van der Waals surface area contributed by atoms with Crippen molar-refractivity contribution in [2.24, 2.45) is 5.73 Å². The van der Waals surface area contributed by atoms with Crippen molar-refractivity contribution in [2.45, 2.75) is 13.2 Å². The summed E-state index contributed by atoms with van der Waals surface area (Å²) in [6.07, 6.45) is 7.74. The first-order chi connectivity index (χ1) is 13.0. The predicted octanol–water partition coefficient (Wildman–Crippen LogP) is 2.02. The molecular formula is C18H18FN5O3. The van der Waals surface area contributed by atoms with E-state index in [0.717, 1.165) is 0 Å². The molecule has 0 fully saturated rings. The van der Waals surface area contributed by atoms with Crippen LogP contribution in [-0.4, -0.2) is 45.6 Å². The quantitative estimate of drug-likeness (QED) is 0.828. The molecule has 0 bridgehead atoms. The summed E-state index contributed by atoms with van der Waals surface area (Å²) in [6.45, 7) is 2.19. The lowest BCUT2D eigenvalue weighted by atomic mass is 10.2. The van der Waals surface area contributed by atoms with Crippen LogP contribution in [0, 0.1) is 0 Å². The standard InChI is InChI=1S/C18H18FN5O3/c1-3-26-15-5-13(19)10-24(2)18(15)27-14-4-11(6-21-9-14)17-22-7-12(8-23-17)16(20)25/h4-10,18H,3H2,1-2H3,(H2,20,25). The summed E-state index contributed by atoms with van der Waals surface area (Å²) in [5.41, 5.74) is 5.99. The first kappa shape index (κ1) is 18.3. The molecule has 2 aromatic heterocycles. The van der Waals surface area contributed by atoms with E-state index in [1.54, 1.807) is 24.2 Å². The maximum atomic E-state index is 13.6. The molecule has 3 heterocycles. The number of allylic oxidation sites excluding steroid dienone is 2. The van der Waals surface area contributed by atoms with E-state index in [0.29, 0.717) is 29.5 Å². The van der Waals surface area contributed by atoms with Gasteiger partial charge in [0.2, 0.25) is 6.23 Å². The summed E-state index contributed by atoms with van der Waals surface area (Å²) in [4.78, 5) is 25.0. The molecule has 27 heavy (non-hydrogen) atoms. The van der Waals surface area contributed by atoms with Gasteiger partial charge >= 0.3 is 0 Å². The Kier molecular flexibility index (Phi) is 5.30. The highest BCUT2D eigenvalue weighted by molar-refractivity contribution is 5.92. The molecular weight excluding hydrogens is 353 g/mol. The van der Waals surface area contributed by atoms with Crippen molar-refractivity contribution in [3.05, 3.63) is 60.3 Å². The molecule has 0 saturated carbocycles. The maximum absolute atomic E-state index is 13.6. The third-order valence-corrected chi connectivity index (χ3v) is 3.69. The number of amides is 1. The molecule has 9 heteroatoms. The summed E-state index contributed by atoms with van der Waals surface area (Å²) >= 11 is 0. The molecule has 8 nitrogen and oxygen atoms in total. The topological polar surface area (TPSA) is 103 Å². The number of carbonyl (C=O) groups is 1. The highest BCUT2D eigenvalue weighted by Gasteiger charge is 2.26. The van der Waals surface area contributed by atoms with Crippen molar-refractivity contribution < 1.29 is 18.7 Å². The van der Waals surface area contributed by atoms with E-state index >= 15 is 0 Å². The van der Waals surface area contributed by atoms with Gasteiger partial charge in [-0.3, -0.25) is 9.78 Å². The molecule has 2 N–H and O–H groups in total. The number of hydrogen-bond donors (Lipinski definition) is 1. The van der Waals surface area contributed by atoms with Gasteiger partial charge in [0.15, 0.2) is 11.6 Å². The minimum Gasteiger partial charge on any atom is -0.492 e. The van der Waals surface area contributed by atoms with E-state index in [2.05, 4.69) is 15.0 Å². The van der Waals surface area contributed by atoms with Crippen LogP contribution in [0.15, 0.2) is 54.7 Å². The van der Waals surface area contributed by atoms with E-state index in [1.165, 1.54) is 30.9 Å². The molecule has 2 aromatic rings. The number of nitrogens with zero attached hydrogens (tertiary/aromatic N) is 4. The van der Waals surface area contributed by atoms with Crippen LogP contribution in [-0.2, 0) is 4.74 Å². The fourth-order valence-corrected chi connectivity index (χ4v) is 2.47. The molecule has 0 radical (unpaired) electrons. The Labute approximate surface area is 155 Å². The van der Waals surface area contributed by atoms with E-state index in [4.69, 9.17) is 15.2 Å². The van der Waals surface area contributed by atoms with E-state index in [1.807, 2.05) is 6.92 Å². The number of likely N-dealkylation sites (N-methyl/N-ethyl adjacent to an activating group) is 1. The Bertz CT molecular complexity index is 898. The van der Waals surface area contributed by atoms with Crippen LogP contribution >= 0.6 is 0 Å². The third kappa shape index (κ3) is 4.20.